The number of anilines is 1. The van der Waals surface area contributed by atoms with E-state index in [1.165, 1.54) is 16.9 Å². The molecule has 0 atom stereocenters. The van der Waals surface area contributed by atoms with Crippen LogP contribution >= 0.6 is 27.3 Å². The highest BCUT2D eigenvalue weighted by molar-refractivity contribution is 9.10. The van der Waals surface area contributed by atoms with E-state index in [4.69, 9.17) is 4.42 Å². The van der Waals surface area contributed by atoms with Gasteiger partial charge in [-0.3, -0.25) is 10.1 Å². The first-order chi connectivity index (χ1) is 10.4. The van der Waals surface area contributed by atoms with Crippen LogP contribution in [0, 0.1) is 27.7 Å². The van der Waals surface area contributed by atoms with Crippen LogP contribution in [0.15, 0.2) is 21.0 Å². The zero-order chi connectivity index (χ0) is 16.0. The smallest absolute Gasteiger partial charge is 0.262 e. The molecule has 114 valence electrons. The SMILES string of the molecule is Cc1cc(C)c2nc(NC(=O)c3c(C)oc(C)c3Br)sc2c1. The lowest BCUT2D eigenvalue weighted by Gasteiger charge is -2.00. The summed E-state index contributed by atoms with van der Waals surface area (Å²) in [5.74, 6) is 1.07. The molecule has 2 heterocycles. The summed E-state index contributed by atoms with van der Waals surface area (Å²) in [4.78, 5) is 17.0. The Labute approximate surface area is 140 Å². The Morgan fingerprint density at radius 3 is 2.59 bits per heavy atom. The number of furan rings is 1. The van der Waals surface area contributed by atoms with Crippen molar-refractivity contribution in [3.63, 3.8) is 0 Å². The molecule has 0 aliphatic carbocycles. The number of fused-ring (bicyclic) bond motifs is 1. The molecule has 4 nitrogen and oxygen atoms in total. The number of hydrogen-bond acceptors (Lipinski definition) is 4. The third-order valence-electron chi connectivity index (χ3n) is 3.46. The molecule has 22 heavy (non-hydrogen) atoms. The van der Waals surface area contributed by atoms with Crippen molar-refractivity contribution in [2.24, 2.45) is 0 Å². The third-order valence-corrected chi connectivity index (χ3v) is 5.34. The summed E-state index contributed by atoms with van der Waals surface area (Å²) in [6.45, 7) is 7.68. The van der Waals surface area contributed by atoms with Crippen molar-refractivity contribution in [2.45, 2.75) is 27.7 Å². The molecule has 0 radical (unpaired) electrons. The maximum absolute atomic E-state index is 12.5. The van der Waals surface area contributed by atoms with Gasteiger partial charge in [0.05, 0.1) is 20.3 Å². The Morgan fingerprint density at radius 1 is 1.23 bits per heavy atom. The van der Waals surface area contributed by atoms with E-state index in [-0.39, 0.29) is 5.91 Å². The van der Waals surface area contributed by atoms with E-state index in [0.29, 0.717) is 26.7 Å². The van der Waals surface area contributed by atoms with E-state index in [1.807, 2.05) is 13.8 Å². The highest BCUT2D eigenvalue weighted by atomic mass is 79.9. The van der Waals surface area contributed by atoms with E-state index in [9.17, 15) is 4.79 Å². The van der Waals surface area contributed by atoms with Gasteiger partial charge in [0.2, 0.25) is 0 Å². The summed E-state index contributed by atoms with van der Waals surface area (Å²) in [7, 11) is 0. The van der Waals surface area contributed by atoms with Gasteiger partial charge in [0.25, 0.3) is 5.91 Å². The van der Waals surface area contributed by atoms with Gasteiger partial charge in [-0.15, -0.1) is 0 Å². The van der Waals surface area contributed by atoms with E-state index in [0.717, 1.165) is 15.8 Å². The summed E-state index contributed by atoms with van der Waals surface area (Å²) in [6, 6.07) is 4.17. The normalized spacial score (nSPS) is 11.1. The molecule has 6 heteroatoms. The van der Waals surface area contributed by atoms with Crippen LogP contribution in [0.4, 0.5) is 5.13 Å². The van der Waals surface area contributed by atoms with Crippen LogP contribution in [0.1, 0.15) is 33.0 Å². The molecule has 2 aromatic heterocycles. The first-order valence-corrected chi connectivity index (χ1v) is 8.42. The summed E-state index contributed by atoms with van der Waals surface area (Å²) in [5, 5.41) is 3.46. The maximum atomic E-state index is 12.5. The van der Waals surface area contributed by atoms with Gasteiger partial charge in [-0.05, 0) is 60.8 Å². The predicted molar refractivity (Wildman–Crippen MR) is 92.9 cm³/mol. The number of carbonyl (C=O) groups is 1. The second kappa shape index (κ2) is 5.52. The second-order valence-electron chi connectivity index (χ2n) is 5.31. The Bertz CT molecular complexity index is 895. The van der Waals surface area contributed by atoms with Crippen molar-refractivity contribution in [3.8, 4) is 0 Å². The van der Waals surface area contributed by atoms with Gasteiger partial charge in [0, 0.05) is 0 Å². The standard InChI is InChI=1S/C16H15BrN2O2S/c1-7-5-8(2)14-11(6-7)22-16(18-14)19-15(20)12-9(3)21-10(4)13(12)17/h5-6H,1-4H3,(H,18,19,20). The number of amides is 1. The van der Waals surface area contributed by atoms with Crippen molar-refractivity contribution in [2.75, 3.05) is 5.32 Å². The number of aromatic nitrogens is 1. The Morgan fingerprint density at radius 2 is 1.95 bits per heavy atom. The highest BCUT2D eigenvalue weighted by Crippen LogP contribution is 2.31. The number of hydrogen-bond donors (Lipinski definition) is 1. The topological polar surface area (TPSA) is 55.1 Å². The number of carbonyl (C=O) groups excluding carboxylic acids is 1. The van der Waals surface area contributed by atoms with Crippen molar-refractivity contribution in [3.05, 3.63) is 44.8 Å². The molecular formula is C16H15BrN2O2S. The van der Waals surface area contributed by atoms with Crippen molar-refractivity contribution in [1.82, 2.24) is 4.98 Å². The summed E-state index contributed by atoms with van der Waals surface area (Å²) in [5.41, 5.74) is 3.76. The Balaban J connectivity index is 1.96. The van der Waals surface area contributed by atoms with Gasteiger partial charge < -0.3 is 4.42 Å². The molecule has 1 aromatic carbocycles. The molecule has 0 aliphatic rings. The second-order valence-corrected chi connectivity index (χ2v) is 7.13. The van der Waals surface area contributed by atoms with Gasteiger partial charge in [-0.25, -0.2) is 4.98 Å². The minimum absolute atomic E-state index is 0.213. The van der Waals surface area contributed by atoms with Gasteiger partial charge in [0.15, 0.2) is 5.13 Å². The minimum Gasteiger partial charge on any atom is -0.465 e. The van der Waals surface area contributed by atoms with Crippen LogP contribution in [-0.2, 0) is 0 Å². The van der Waals surface area contributed by atoms with Crippen molar-refractivity contribution in [1.29, 1.82) is 0 Å². The molecule has 0 spiro atoms. The molecular weight excluding hydrogens is 364 g/mol. The van der Waals surface area contributed by atoms with Crippen LogP contribution in [0.25, 0.3) is 10.2 Å². The van der Waals surface area contributed by atoms with Gasteiger partial charge >= 0.3 is 0 Å². The molecule has 1 N–H and O–H groups in total. The largest absolute Gasteiger partial charge is 0.465 e. The average Bonchev–Trinajstić information content (AvgIpc) is 2.91. The fourth-order valence-electron chi connectivity index (χ4n) is 2.50. The average molecular weight is 379 g/mol. The Kier molecular flexibility index (Phi) is 3.82. The minimum atomic E-state index is -0.213. The molecule has 0 fully saturated rings. The van der Waals surface area contributed by atoms with Gasteiger partial charge in [-0.2, -0.15) is 0 Å². The van der Waals surface area contributed by atoms with E-state index in [2.05, 4.69) is 45.3 Å². The maximum Gasteiger partial charge on any atom is 0.262 e. The molecule has 0 unspecified atom stereocenters. The lowest BCUT2D eigenvalue weighted by atomic mass is 10.1. The number of thiazole rings is 1. The Hall–Kier alpha value is -1.66. The van der Waals surface area contributed by atoms with Crippen molar-refractivity contribution >= 4 is 48.5 Å². The predicted octanol–water partition coefficient (Wildman–Crippen LogP) is 5.14. The third kappa shape index (κ3) is 2.57. The van der Waals surface area contributed by atoms with E-state index >= 15 is 0 Å². The lowest BCUT2D eigenvalue weighted by Crippen LogP contribution is -2.12. The van der Waals surface area contributed by atoms with Crippen LogP contribution in [0.2, 0.25) is 0 Å². The number of nitrogens with zero attached hydrogens (tertiary/aromatic N) is 1. The number of aryl methyl sites for hydroxylation is 4. The number of nitrogens with one attached hydrogen (secondary N) is 1. The summed E-state index contributed by atoms with van der Waals surface area (Å²) >= 11 is 4.88. The number of benzene rings is 1. The molecule has 0 bridgehead atoms. The van der Waals surface area contributed by atoms with E-state index < -0.39 is 0 Å². The van der Waals surface area contributed by atoms with Crippen LogP contribution in [-0.4, -0.2) is 10.9 Å². The molecule has 1 amide bonds. The van der Waals surface area contributed by atoms with Gasteiger partial charge in [-0.1, -0.05) is 17.4 Å². The number of halogens is 1. The van der Waals surface area contributed by atoms with Gasteiger partial charge in [0.1, 0.15) is 11.5 Å². The molecule has 0 aliphatic heterocycles. The molecule has 0 saturated carbocycles. The molecule has 3 aromatic rings. The van der Waals surface area contributed by atoms with Crippen molar-refractivity contribution < 1.29 is 9.21 Å². The zero-order valence-corrected chi connectivity index (χ0v) is 15.1. The first kappa shape index (κ1) is 15.2. The lowest BCUT2D eigenvalue weighted by molar-refractivity contribution is 0.102. The van der Waals surface area contributed by atoms with Crippen LogP contribution < -0.4 is 5.32 Å². The number of rotatable bonds is 2. The fourth-order valence-corrected chi connectivity index (χ4v) is 4.08. The zero-order valence-electron chi connectivity index (χ0n) is 12.7. The van der Waals surface area contributed by atoms with E-state index in [1.54, 1.807) is 6.92 Å². The summed E-state index contributed by atoms with van der Waals surface area (Å²) < 4.78 is 7.24. The molecule has 0 saturated heterocycles. The van der Waals surface area contributed by atoms with Crippen LogP contribution in [0.3, 0.4) is 0 Å². The highest BCUT2D eigenvalue weighted by Gasteiger charge is 2.21. The molecule has 3 rings (SSSR count). The summed E-state index contributed by atoms with van der Waals surface area (Å²) in [6.07, 6.45) is 0. The monoisotopic (exact) mass is 378 g/mol. The first-order valence-electron chi connectivity index (χ1n) is 6.81. The fraction of sp³-hybridized carbons (Fsp3) is 0.250. The quantitative estimate of drug-likeness (QED) is 0.671. The van der Waals surface area contributed by atoms with Crippen LogP contribution in [0.5, 0.6) is 0 Å².